The van der Waals surface area contributed by atoms with Gasteiger partial charge in [0, 0.05) is 30.3 Å². The van der Waals surface area contributed by atoms with E-state index in [0.29, 0.717) is 31.2 Å². The maximum atomic E-state index is 12.3. The van der Waals surface area contributed by atoms with Gasteiger partial charge >= 0.3 is 0 Å². The number of carbonyl (C=O) groups excluding carboxylic acids is 1. The highest BCUT2D eigenvalue weighted by molar-refractivity contribution is 7.91. The Morgan fingerprint density at radius 2 is 1.92 bits per heavy atom. The summed E-state index contributed by atoms with van der Waals surface area (Å²) in [6.07, 6.45) is 2.19. The second-order valence-electron chi connectivity index (χ2n) is 7.13. The van der Waals surface area contributed by atoms with Crippen LogP contribution in [0.5, 0.6) is 0 Å². The van der Waals surface area contributed by atoms with Gasteiger partial charge in [0.15, 0.2) is 9.84 Å². The van der Waals surface area contributed by atoms with E-state index in [0.717, 1.165) is 18.4 Å². The van der Waals surface area contributed by atoms with Crippen molar-refractivity contribution >= 4 is 27.3 Å². The second-order valence-corrected chi connectivity index (χ2v) is 9.79. The lowest BCUT2D eigenvalue weighted by Crippen LogP contribution is -2.50. The van der Waals surface area contributed by atoms with Crippen LogP contribution in [0.3, 0.4) is 0 Å². The van der Waals surface area contributed by atoms with E-state index < -0.39 is 9.84 Å². The number of amides is 1. The van der Waals surface area contributed by atoms with E-state index in [1.165, 1.54) is 0 Å². The Labute approximate surface area is 159 Å². The van der Waals surface area contributed by atoms with Crippen LogP contribution in [0, 0.1) is 5.92 Å². The molecule has 1 unspecified atom stereocenters. The summed E-state index contributed by atoms with van der Waals surface area (Å²) in [7, 11) is -2.91. The SMILES string of the molecule is O=C(CNC1(c2ccc(Cl)cc2)CCOCC1)NCC1CCS(=O)(=O)C1. The molecule has 1 amide bonds. The van der Waals surface area contributed by atoms with E-state index in [1.807, 2.05) is 24.3 Å². The third kappa shape index (κ3) is 4.97. The van der Waals surface area contributed by atoms with E-state index in [-0.39, 0.29) is 35.4 Å². The first-order valence-electron chi connectivity index (χ1n) is 8.95. The zero-order chi connectivity index (χ0) is 18.6. The number of hydrogen-bond donors (Lipinski definition) is 2. The lowest BCUT2D eigenvalue weighted by Gasteiger charge is -2.38. The Kier molecular flexibility index (Phi) is 6.22. The monoisotopic (exact) mass is 400 g/mol. The fourth-order valence-electron chi connectivity index (χ4n) is 3.66. The molecule has 2 N–H and O–H groups in total. The standard InChI is InChI=1S/C18H25ClN2O4S/c19-16-3-1-15(2-4-16)18(6-8-25-9-7-18)21-12-17(22)20-11-14-5-10-26(23,24)13-14/h1-4,14,21H,5-13H2,(H,20,22). The van der Waals surface area contributed by atoms with Gasteiger partial charge in [0.1, 0.15) is 0 Å². The number of rotatable bonds is 6. The van der Waals surface area contributed by atoms with E-state index in [1.54, 1.807) is 0 Å². The minimum atomic E-state index is -2.91. The molecule has 8 heteroatoms. The molecule has 26 heavy (non-hydrogen) atoms. The first kappa shape index (κ1) is 19.6. The van der Waals surface area contributed by atoms with Crippen LogP contribution in [0.1, 0.15) is 24.8 Å². The predicted molar refractivity (Wildman–Crippen MR) is 101 cm³/mol. The van der Waals surface area contributed by atoms with Crippen molar-refractivity contribution in [3.8, 4) is 0 Å². The van der Waals surface area contributed by atoms with Gasteiger partial charge in [-0.3, -0.25) is 10.1 Å². The summed E-state index contributed by atoms with van der Waals surface area (Å²) in [6.45, 7) is 1.87. The molecule has 2 saturated heterocycles. The molecule has 1 aromatic carbocycles. The van der Waals surface area contributed by atoms with Gasteiger partial charge in [-0.05, 0) is 42.9 Å². The molecule has 0 bridgehead atoms. The van der Waals surface area contributed by atoms with Crippen molar-refractivity contribution in [3.63, 3.8) is 0 Å². The fourth-order valence-corrected chi connectivity index (χ4v) is 5.65. The number of hydrogen-bond acceptors (Lipinski definition) is 5. The normalized spacial score (nSPS) is 24.3. The summed E-state index contributed by atoms with van der Waals surface area (Å²) < 4.78 is 28.5. The Bertz CT molecular complexity index is 730. The van der Waals surface area contributed by atoms with Crippen LogP contribution >= 0.6 is 11.6 Å². The molecule has 1 atom stereocenters. The van der Waals surface area contributed by atoms with Crippen molar-refractivity contribution in [2.24, 2.45) is 5.92 Å². The number of nitrogens with one attached hydrogen (secondary N) is 2. The lowest BCUT2D eigenvalue weighted by atomic mass is 9.82. The summed E-state index contributed by atoms with van der Waals surface area (Å²) in [5.74, 6) is 0.310. The molecule has 2 aliphatic heterocycles. The van der Waals surface area contributed by atoms with Gasteiger partial charge in [0.25, 0.3) is 0 Å². The van der Waals surface area contributed by atoms with E-state index in [4.69, 9.17) is 16.3 Å². The molecule has 144 valence electrons. The van der Waals surface area contributed by atoms with Gasteiger partial charge in [-0.1, -0.05) is 23.7 Å². The summed E-state index contributed by atoms with van der Waals surface area (Å²) in [5, 5.41) is 6.95. The number of carbonyl (C=O) groups is 1. The van der Waals surface area contributed by atoms with Gasteiger partial charge in [0.05, 0.1) is 18.1 Å². The second kappa shape index (κ2) is 8.25. The van der Waals surface area contributed by atoms with Gasteiger partial charge in [-0.2, -0.15) is 0 Å². The zero-order valence-corrected chi connectivity index (χ0v) is 16.2. The van der Waals surface area contributed by atoms with Crippen molar-refractivity contribution in [3.05, 3.63) is 34.9 Å². The molecule has 1 aromatic rings. The molecule has 3 rings (SSSR count). The average Bonchev–Trinajstić information content (AvgIpc) is 2.98. The van der Waals surface area contributed by atoms with Crippen LogP contribution in [0.15, 0.2) is 24.3 Å². The minimum Gasteiger partial charge on any atom is -0.381 e. The summed E-state index contributed by atoms with van der Waals surface area (Å²) >= 11 is 6.00. The van der Waals surface area contributed by atoms with Crippen LogP contribution in [0.25, 0.3) is 0 Å². The molecule has 0 aliphatic carbocycles. The molecule has 0 aromatic heterocycles. The van der Waals surface area contributed by atoms with Crippen LogP contribution in [0.2, 0.25) is 5.02 Å². The van der Waals surface area contributed by atoms with E-state index in [2.05, 4.69) is 10.6 Å². The Balaban J connectivity index is 1.56. The largest absolute Gasteiger partial charge is 0.381 e. The van der Waals surface area contributed by atoms with Crippen molar-refractivity contribution in [1.29, 1.82) is 0 Å². The van der Waals surface area contributed by atoms with Crippen LogP contribution < -0.4 is 10.6 Å². The number of ether oxygens (including phenoxy) is 1. The molecule has 2 heterocycles. The maximum absolute atomic E-state index is 12.3. The smallest absolute Gasteiger partial charge is 0.233 e. The maximum Gasteiger partial charge on any atom is 0.233 e. The summed E-state index contributed by atoms with van der Waals surface area (Å²) in [6, 6.07) is 7.69. The lowest BCUT2D eigenvalue weighted by molar-refractivity contribution is -0.121. The van der Waals surface area contributed by atoms with Crippen molar-refractivity contribution in [2.75, 3.05) is 37.8 Å². The molecular weight excluding hydrogens is 376 g/mol. The predicted octanol–water partition coefficient (Wildman–Crippen LogP) is 1.49. The van der Waals surface area contributed by atoms with Gasteiger partial charge in [-0.25, -0.2) is 8.42 Å². The zero-order valence-electron chi connectivity index (χ0n) is 14.7. The molecule has 0 radical (unpaired) electrons. The highest BCUT2D eigenvalue weighted by Crippen LogP contribution is 2.32. The van der Waals surface area contributed by atoms with Gasteiger partial charge in [-0.15, -0.1) is 0 Å². The van der Waals surface area contributed by atoms with Crippen LogP contribution in [0.4, 0.5) is 0 Å². The van der Waals surface area contributed by atoms with Gasteiger partial charge < -0.3 is 10.1 Å². The van der Waals surface area contributed by atoms with Gasteiger partial charge in [0.2, 0.25) is 5.91 Å². The molecular formula is C18H25ClN2O4S. The van der Waals surface area contributed by atoms with E-state index in [9.17, 15) is 13.2 Å². The molecule has 6 nitrogen and oxygen atoms in total. The van der Waals surface area contributed by atoms with Crippen molar-refractivity contribution in [2.45, 2.75) is 24.8 Å². The highest BCUT2D eigenvalue weighted by atomic mass is 35.5. The third-order valence-corrected chi connectivity index (χ3v) is 7.33. The van der Waals surface area contributed by atoms with E-state index >= 15 is 0 Å². The molecule has 0 spiro atoms. The number of halogens is 1. The summed E-state index contributed by atoms with van der Waals surface area (Å²) in [4.78, 5) is 12.3. The van der Waals surface area contributed by atoms with Crippen LogP contribution in [-0.4, -0.2) is 52.1 Å². The topological polar surface area (TPSA) is 84.5 Å². The fraction of sp³-hybridized carbons (Fsp3) is 0.611. The Hall–Kier alpha value is -1.15. The minimum absolute atomic E-state index is 0.0252. The number of benzene rings is 1. The van der Waals surface area contributed by atoms with Crippen molar-refractivity contribution < 1.29 is 17.9 Å². The average molecular weight is 401 g/mol. The molecule has 0 saturated carbocycles. The first-order chi connectivity index (χ1) is 12.4. The van der Waals surface area contributed by atoms with Crippen molar-refractivity contribution in [1.82, 2.24) is 10.6 Å². The Morgan fingerprint density at radius 3 is 2.54 bits per heavy atom. The highest BCUT2D eigenvalue weighted by Gasteiger charge is 2.34. The molecule has 2 fully saturated rings. The molecule has 2 aliphatic rings. The first-order valence-corrected chi connectivity index (χ1v) is 11.1. The Morgan fingerprint density at radius 1 is 1.23 bits per heavy atom. The third-order valence-electron chi connectivity index (χ3n) is 5.25. The number of sulfone groups is 1. The summed E-state index contributed by atoms with van der Waals surface area (Å²) in [5.41, 5.74) is 0.788. The van der Waals surface area contributed by atoms with Crippen LogP contribution in [-0.2, 0) is 24.9 Å². The quantitative estimate of drug-likeness (QED) is 0.755.